The van der Waals surface area contributed by atoms with Crippen molar-refractivity contribution in [2.45, 2.75) is 13.2 Å². The minimum atomic E-state index is -0.597. The summed E-state index contributed by atoms with van der Waals surface area (Å²) in [7, 11) is 5.06. The second kappa shape index (κ2) is 4.30. The molecule has 0 saturated heterocycles. The highest BCUT2D eigenvalue weighted by molar-refractivity contribution is 5.82. The van der Waals surface area contributed by atoms with Crippen LogP contribution in [0.3, 0.4) is 0 Å². The van der Waals surface area contributed by atoms with Crippen LogP contribution < -0.4 is 14.4 Å². The van der Waals surface area contributed by atoms with E-state index in [0.29, 0.717) is 11.5 Å². The summed E-state index contributed by atoms with van der Waals surface area (Å²) < 4.78 is 10.5. The molecule has 4 heteroatoms. The number of benzene rings is 1. The average Bonchev–Trinajstić information content (AvgIpc) is 2.34. The number of aliphatic hydroxyl groups is 1. The summed E-state index contributed by atoms with van der Waals surface area (Å²) in [5.41, 5.74) is 3.03. The lowest BCUT2D eigenvalue weighted by molar-refractivity contribution is 0.222. The topological polar surface area (TPSA) is 41.9 Å². The van der Waals surface area contributed by atoms with Gasteiger partial charge in [-0.15, -0.1) is 0 Å². The zero-order chi connectivity index (χ0) is 12.6. The zero-order valence-electron chi connectivity index (χ0n) is 10.5. The Balaban J connectivity index is 2.61. The Morgan fingerprint density at radius 3 is 2.35 bits per heavy atom. The Morgan fingerprint density at radius 2 is 1.76 bits per heavy atom. The number of hydrogen-bond donors (Lipinski definition) is 1. The lowest BCUT2D eigenvalue weighted by atomic mass is 9.99. The fourth-order valence-corrected chi connectivity index (χ4v) is 2.04. The number of methoxy groups -OCH3 is 2. The third-order valence-corrected chi connectivity index (χ3v) is 3.10. The van der Waals surface area contributed by atoms with E-state index >= 15 is 0 Å². The standard InChI is InChI=1S/C13H17NO3/c1-8-5-13(15)14(2)10-7-12(17-4)11(16-3)6-9(8)10/h5-7,13,15H,1-4H3. The van der Waals surface area contributed by atoms with E-state index in [0.717, 1.165) is 16.8 Å². The first-order chi connectivity index (χ1) is 8.08. The third-order valence-electron chi connectivity index (χ3n) is 3.10. The van der Waals surface area contributed by atoms with Crippen LogP contribution in [0.1, 0.15) is 12.5 Å². The van der Waals surface area contributed by atoms with Gasteiger partial charge in [-0.05, 0) is 24.6 Å². The van der Waals surface area contributed by atoms with Gasteiger partial charge in [-0.25, -0.2) is 0 Å². The van der Waals surface area contributed by atoms with Gasteiger partial charge in [0.2, 0.25) is 0 Å². The van der Waals surface area contributed by atoms with Crippen LogP contribution >= 0.6 is 0 Å². The molecule has 0 spiro atoms. The van der Waals surface area contributed by atoms with Crippen molar-refractivity contribution in [3.63, 3.8) is 0 Å². The molecule has 0 radical (unpaired) electrons. The number of ether oxygens (including phenoxy) is 2. The van der Waals surface area contributed by atoms with Crippen LogP contribution in [-0.4, -0.2) is 32.6 Å². The molecule has 0 fully saturated rings. The molecule has 1 heterocycles. The highest BCUT2D eigenvalue weighted by Gasteiger charge is 2.22. The van der Waals surface area contributed by atoms with Crippen LogP contribution in [0.5, 0.6) is 11.5 Å². The molecule has 1 aromatic rings. The zero-order valence-corrected chi connectivity index (χ0v) is 10.5. The van der Waals surface area contributed by atoms with Crippen molar-refractivity contribution in [2.75, 3.05) is 26.2 Å². The fraction of sp³-hybridized carbons (Fsp3) is 0.385. The number of allylic oxidation sites excluding steroid dienone is 1. The van der Waals surface area contributed by atoms with Gasteiger partial charge in [-0.1, -0.05) is 0 Å². The van der Waals surface area contributed by atoms with Crippen molar-refractivity contribution in [1.29, 1.82) is 0 Å². The first-order valence-corrected chi connectivity index (χ1v) is 5.44. The molecule has 0 aliphatic carbocycles. The van der Waals surface area contributed by atoms with Gasteiger partial charge in [0.15, 0.2) is 11.5 Å². The van der Waals surface area contributed by atoms with Gasteiger partial charge in [-0.2, -0.15) is 0 Å². The Labute approximate surface area is 101 Å². The maximum absolute atomic E-state index is 9.86. The quantitative estimate of drug-likeness (QED) is 0.849. The van der Waals surface area contributed by atoms with Crippen LogP contribution in [0.15, 0.2) is 18.2 Å². The summed E-state index contributed by atoms with van der Waals surface area (Å²) in [6.07, 6.45) is 1.22. The number of nitrogens with zero attached hydrogens (tertiary/aromatic N) is 1. The summed E-state index contributed by atoms with van der Waals surface area (Å²) in [5, 5.41) is 9.86. The second-order valence-electron chi connectivity index (χ2n) is 4.10. The van der Waals surface area contributed by atoms with Crippen molar-refractivity contribution in [2.24, 2.45) is 0 Å². The Hall–Kier alpha value is -1.68. The molecular weight excluding hydrogens is 218 g/mol. The third kappa shape index (κ3) is 1.85. The van der Waals surface area contributed by atoms with E-state index in [1.54, 1.807) is 19.1 Å². The van der Waals surface area contributed by atoms with Gasteiger partial charge in [0.25, 0.3) is 0 Å². The molecule has 1 aliphatic rings. The molecule has 2 rings (SSSR count). The number of anilines is 1. The average molecular weight is 235 g/mol. The summed E-state index contributed by atoms with van der Waals surface area (Å²) >= 11 is 0. The van der Waals surface area contributed by atoms with Crippen LogP contribution in [0, 0.1) is 0 Å². The summed E-state index contributed by atoms with van der Waals surface area (Å²) in [4.78, 5) is 1.80. The van der Waals surface area contributed by atoms with Crippen molar-refractivity contribution >= 4 is 11.3 Å². The van der Waals surface area contributed by atoms with Gasteiger partial charge < -0.3 is 19.5 Å². The Kier molecular flexibility index (Phi) is 2.98. The highest BCUT2D eigenvalue weighted by Crippen LogP contribution is 2.40. The SMILES string of the molecule is COc1cc2c(cc1OC)N(C)C(O)C=C2C. The van der Waals surface area contributed by atoms with E-state index < -0.39 is 6.23 Å². The molecule has 0 aromatic heterocycles. The maximum Gasteiger partial charge on any atom is 0.162 e. The van der Waals surface area contributed by atoms with Crippen molar-refractivity contribution in [3.8, 4) is 11.5 Å². The van der Waals surface area contributed by atoms with Crippen molar-refractivity contribution < 1.29 is 14.6 Å². The maximum atomic E-state index is 9.86. The van der Waals surface area contributed by atoms with E-state index in [4.69, 9.17) is 9.47 Å². The van der Waals surface area contributed by atoms with Crippen LogP contribution in [0.25, 0.3) is 5.57 Å². The van der Waals surface area contributed by atoms with Gasteiger partial charge in [0, 0.05) is 18.7 Å². The summed E-state index contributed by atoms with van der Waals surface area (Å²) in [6, 6.07) is 3.82. The van der Waals surface area contributed by atoms with E-state index in [9.17, 15) is 5.11 Å². The molecule has 1 unspecified atom stereocenters. The summed E-state index contributed by atoms with van der Waals surface area (Å²) in [6.45, 7) is 1.97. The largest absolute Gasteiger partial charge is 0.493 e. The monoisotopic (exact) mass is 235 g/mol. The van der Waals surface area contributed by atoms with Gasteiger partial charge in [-0.3, -0.25) is 0 Å². The van der Waals surface area contributed by atoms with E-state index in [-0.39, 0.29) is 0 Å². The molecule has 1 atom stereocenters. The lowest BCUT2D eigenvalue weighted by Crippen LogP contribution is -2.32. The fourth-order valence-electron chi connectivity index (χ4n) is 2.04. The van der Waals surface area contributed by atoms with Crippen LogP contribution in [0.4, 0.5) is 5.69 Å². The van der Waals surface area contributed by atoms with Crippen molar-refractivity contribution in [3.05, 3.63) is 23.8 Å². The molecule has 17 heavy (non-hydrogen) atoms. The molecular formula is C13H17NO3. The molecule has 0 saturated carbocycles. The predicted molar refractivity (Wildman–Crippen MR) is 67.6 cm³/mol. The molecule has 1 N–H and O–H groups in total. The molecule has 0 bridgehead atoms. The van der Waals surface area contributed by atoms with Gasteiger partial charge in [0.05, 0.1) is 19.9 Å². The lowest BCUT2D eigenvalue weighted by Gasteiger charge is -2.31. The summed E-state index contributed by atoms with van der Waals surface area (Å²) in [5.74, 6) is 1.36. The van der Waals surface area contributed by atoms with E-state index in [1.165, 1.54) is 0 Å². The molecule has 1 aromatic carbocycles. The molecule has 1 aliphatic heterocycles. The second-order valence-corrected chi connectivity index (χ2v) is 4.10. The minimum Gasteiger partial charge on any atom is -0.493 e. The Bertz CT molecular complexity index is 468. The molecule has 0 amide bonds. The first-order valence-electron chi connectivity index (χ1n) is 5.44. The minimum absolute atomic E-state index is 0.597. The smallest absolute Gasteiger partial charge is 0.162 e. The Morgan fingerprint density at radius 1 is 1.18 bits per heavy atom. The molecule has 92 valence electrons. The number of hydrogen-bond acceptors (Lipinski definition) is 4. The first kappa shape index (κ1) is 11.8. The van der Waals surface area contributed by atoms with E-state index in [2.05, 4.69) is 0 Å². The van der Waals surface area contributed by atoms with Gasteiger partial charge in [0.1, 0.15) is 6.23 Å². The van der Waals surface area contributed by atoms with E-state index in [1.807, 2.05) is 32.2 Å². The normalized spacial score (nSPS) is 18.5. The predicted octanol–water partition coefficient (Wildman–Crippen LogP) is 1.88. The number of rotatable bonds is 2. The van der Waals surface area contributed by atoms with Gasteiger partial charge >= 0.3 is 0 Å². The number of fused-ring (bicyclic) bond motifs is 1. The highest BCUT2D eigenvalue weighted by atomic mass is 16.5. The van der Waals surface area contributed by atoms with Crippen LogP contribution in [0.2, 0.25) is 0 Å². The number of aliphatic hydroxyl groups excluding tert-OH is 1. The number of likely N-dealkylation sites (N-methyl/N-ethyl adjacent to an activating group) is 1. The van der Waals surface area contributed by atoms with Crippen molar-refractivity contribution in [1.82, 2.24) is 0 Å². The molecule has 4 nitrogen and oxygen atoms in total. The van der Waals surface area contributed by atoms with Crippen LogP contribution in [-0.2, 0) is 0 Å².